The largest absolute Gasteiger partial charge is 0.504 e. The number of phenolic OH excluding ortho intramolecular Hbond substituents is 1. The lowest BCUT2D eigenvalue weighted by Gasteiger charge is -2.12. The number of rotatable bonds is 2. The van der Waals surface area contributed by atoms with Crippen LogP contribution in [0.15, 0.2) is 24.3 Å². The van der Waals surface area contributed by atoms with Gasteiger partial charge in [0.15, 0.2) is 21.3 Å². The minimum Gasteiger partial charge on any atom is -0.504 e. The van der Waals surface area contributed by atoms with Gasteiger partial charge in [0, 0.05) is 0 Å². The van der Waals surface area contributed by atoms with Crippen molar-refractivity contribution in [1.29, 1.82) is 0 Å². The molecule has 4 nitrogen and oxygen atoms in total. The molecule has 1 aromatic rings. The molecule has 1 N–H and O–H groups in total. The lowest BCUT2D eigenvalue weighted by atomic mass is 10.3. The molecule has 1 aromatic carbocycles. The molecule has 0 amide bonds. The van der Waals surface area contributed by atoms with E-state index in [4.69, 9.17) is 4.74 Å². The van der Waals surface area contributed by atoms with E-state index < -0.39 is 9.84 Å². The molecule has 1 heterocycles. The molecule has 1 aliphatic rings. The van der Waals surface area contributed by atoms with Gasteiger partial charge in [-0.3, -0.25) is 0 Å². The van der Waals surface area contributed by atoms with Crippen LogP contribution in [0.25, 0.3) is 0 Å². The summed E-state index contributed by atoms with van der Waals surface area (Å²) in [6, 6.07) is 6.56. The maximum Gasteiger partial charge on any atom is 0.161 e. The van der Waals surface area contributed by atoms with E-state index >= 15 is 0 Å². The molecule has 0 radical (unpaired) electrons. The van der Waals surface area contributed by atoms with E-state index in [1.165, 1.54) is 6.07 Å². The van der Waals surface area contributed by atoms with Crippen LogP contribution in [0, 0.1) is 0 Å². The van der Waals surface area contributed by atoms with Crippen LogP contribution in [-0.4, -0.2) is 31.1 Å². The van der Waals surface area contributed by atoms with Gasteiger partial charge in [-0.05, 0) is 18.6 Å². The van der Waals surface area contributed by atoms with Gasteiger partial charge in [-0.15, -0.1) is 0 Å². The Morgan fingerprint density at radius 1 is 1.33 bits per heavy atom. The van der Waals surface area contributed by atoms with E-state index in [1.807, 2.05) is 0 Å². The topological polar surface area (TPSA) is 63.6 Å². The predicted octanol–water partition coefficient (Wildman–Crippen LogP) is 0.958. The Kier molecular flexibility index (Phi) is 2.56. The fraction of sp³-hybridized carbons (Fsp3) is 0.400. The van der Waals surface area contributed by atoms with Crippen LogP contribution in [0.1, 0.15) is 6.42 Å². The summed E-state index contributed by atoms with van der Waals surface area (Å²) >= 11 is 0. The molecule has 1 saturated heterocycles. The van der Waals surface area contributed by atoms with Crippen LogP contribution in [0.4, 0.5) is 0 Å². The first kappa shape index (κ1) is 10.3. The molecule has 0 bridgehead atoms. The molecule has 1 fully saturated rings. The van der Waals surface area contributed by atoms with E-state index in [-0.39, 0.29) is 23.4 Å². The monoisotopic (exact) mass is 228 g/mol. The number of benzene rings is 1. The molecule has 0 aromatic heterocycles. The molecular weight excluding hydrogens is 216 g/mol. The van der Waals surface area contributed by atoms with Crippen molar-refractivity contribution in [2.24, 2.45) is 0 Å². The molecule has 1 unspecified atom stereocenters. The van der Waals surface area contributed by atoms with Crippen LogP contribution in [0.5, 0.6) is 11.5 Å². The fourth-order valence-electron chi connectivity index (χ4n) is 1.59. The number of phenols is 1. The summed E-state index contributed by atoms with van der Waals surface area (Å²) in [5.41, 5.74) is 0. The average molecular weight is 228 g/mol. The van der Waals surface area contributed by atoms with Gasteiger partial charge in [-0.2, -0.15) is 0 Å². The third-order valence-corrected chi connectivity index (χ3v) is 4.09. The first-order valence-electron chi connectivity index (χ1n) is 4.72. The van der Waals surface area contributed by atoms with Gasteiger partial charge in [0.05, 0.1) is 11.5 Å². The van der Waals surface area contributed by atoms with Crippen LogP contribution < -0.4 is 4.74 Å². The van der Waals surface area contributed by atoms with E-state index in [1.54, 1.807) is 18.2 Å². The Morgan fingerprint density at radius 2 is 2.07 bits per heavy atom. The Bertz CT molecular complexity index is 452. The van der Waals surface area contributed by atoms with Crippen molar-refractivity contribution < 1.29 is 18.3 Å². The summed E-state index contributed by atoms with van der Waals surface area (Å²) in [6.45, 7) is 0. The van der Waals surface area contributed by atoms with Crippen LogP contribution in [-0.2, 0) is 9.84 Å². The van der Waals surface area contributed by atoms with Crippen molar-refractivity contribution in [3.8, 4) is 11.5 Å². The van der Waals surface area contributed by atoms with Crippen molar-refractivity contribution >= 4 is 9.84 Å². The first-order valence-corrected chi connectivity index (χ1v) is 6.54. The maximum absolute atomic E-state index is 11.2. The highest BCUT2D eigenvalue weighted by Gasteiger charge is 2.29. The summed E-state index contributed by atoms with van der Waals surface area (Å²) < 4.78 is 27.8. The van der Waals surface area contributed by atoms with Crippen molar-refractivity contribution in [2.75, 3.05) is 11.5 Å². The molecule has 0 saturated carbocycles. The van der Waals surface area contributed by atoms with Gasteiger partial charge < -0.3 is 9.84 Å². The molecule has 1 aliphatic heterocycles. The minimum atomic E-state index is -2.94. The van der Waals surface area contributed by atoms with Gasteiger partial charge in [-0.1, -0.05) is 12.1 Å². The molecule has 1 atom stereocenters. The number of hydrogen-bond acceptors (Lipinski definition) is 4. The Hall–Kier alpha value is -1.23. The molecule has 15 heavy (non-hydrogen) atoms. The fourth-order valence-corrected chi connectivity index (χ4v) is 3.18. The Morgan fingerprint density at radius 3 is 2.67 bits per heavy atom. The van der Waals surface area contributed by atoms with Gasteiger partial charge in [0.1, 0.15) is 6.10 Å². The van der Waals surface area contributed by atoms with Gasteiger partial charge in [0.2, 0.25) is 0 Å². The van der Waals surface area contributed by atoms with E-state index in [0.717, 1.165) is 0 Å². The highest BCUT2D eigenvalue weighted by Crippen LogP contribution is 2.27. The lowest BCUT2D eigenvalue weighted by Crippen LogP contribution is -2.17. The highest BCUT2D eigenvalue weighted by atomic mass is 32.2. The predicted molar refractivity (Wildman–Crippen MR) is 55.8 cm³/mol. The normalized spacial score (nSPS) is 23.9. The summed E-state index contributed by atoms with van der Waals surface area (Å²) in [6.07, 6.45) is 0.166. The number of sulfone groups is 1. The second-order valence-electron chi connectivity index (χ2n) is 3.61. The zero-order valence-electron chi connectivity index (χ0n) is 8.09. The molecule has 0 aliphatic carbocycles. The van der Waals surface area contributed by atoms with Crippen molar-refractivity contribution in [1.82, 2.24) is 0 Å². The van der Waals surface area contributed by atoms with Gasteiger partial charge in [0.25, 0.3) is 0 Å². The Balaban J connectivity index is 2.08. The highest BCUT2D eigenvalue weighted by molar-refractivity contribution is 7.91. The summed E-state index contributed by atoms with van der Waals surface area (Å²) in [5.74, 6) is 0.605. The van der Waals surface area contributed by atoms with Crippen LogP contribution >= 0.6 is 0 Å². The van der Waals surface area contributed by atoms with Crippen molar-refractivity contribution in [3.05, 3.63) is 24.3 Å². The van der Waals surface area contributed by atoms with Crippen molar-refractivity contribution in [2.45, 2.75) is 12.5 Å². The SMILES string of the molecule is O=S1(=O)CCC(Oc2ccccc2O)C1. The summed E-state index contributed by atoms with van der Waals surface area (Å²) in [5, 5.41) is 9.43. The lowest BCUT2D eigenvalue weighted by molar-refractivity contribution is 0.219. The van der Waals surface area contributed by atoms with Crippen LogP contribution in [0.2, 0.25) is 0 Å². The Labute approximate surface area is 88.4 Å². The van der Waals surface area contributed by atoms with Gasteiger partial charge in [-0.25, -0.2) is 8.42 Å². The average Bonchev–Trinajstić information content (AvgIpc) is 2.50. The summed E-state index contributed by atoms with van der Waals surface area (Å²) in [7, 11) is -2.94. The third kappa shape index (κ3) is 2.41. The molecular formula is C10H12O4S. The van der Waals surface area contributed by atoms with Crippen molar-refractivity contribution in [3.63, 3.8) is 0 Å². The molecule has 82 valence electrons. The number of hydrogen-bond donors (Lipinski definition) is 1. The second kappa shape index (κ2) is 3.73. The molecule has 0 spiro atoms. The quantitative estimate of drug-likeness (QED) is 0.818. The third-order valence-electron chi connectivity index (χ3n) is 2.35. The zero-order chi connectivity index (χ0) is 10.9. The second-order valence-corrected chi connectivity index (χ2v) is 5.84. The zero-order valence-corrected chi connectivity index (χ0v) is 8.90. The van der Waals surface area contributed by atoms with E-state index in [0.29, 0.717) is 12.2 Å². The van der Waals surface area contributed by atoms with E-state index in [2.05, 4.69) is 0 Å². The standard InChI is InChI=1S/C10H12O4S/c11-9-3-1-2-4-10(9)14-8-5-6-15(12,13)7-8/h1-4,8,11H,5-7H2. The molecule has 5 heteroatoms. The molecule has 2 rings (SSSR count). The smallest absolute Gasteiger partial charge is 0.161 e. The van der Waals surface area contributed by atoms with Gasteiger partial charge >= 0.3 is 0 Å². The number of ether oxygens (including phenoxy) is 1. The first-order chi connectivity index (χ1) is 7.07. The summed E-state index contributed by atoms with van der Waals surface area (Å²) in [4.78, 5) is 0. The minimum absolute atomic E-state index is 0.0430. The number of aromatic hydroxyl groups is 1. The number of para-hydroxylation sites is 2. The van der Waals surface area contributed by atoms with Crippen LogP contribution in [0.3, 0.4) is 0 Å². The maximum atomic E-state index is 11.2. The van der Waals surface area contributed by atoms with E-state index in [9.17, 15) is 13.5 Å².